The van der Waals surface area contributed by atoms with E-state index in [0.717, 1.165) is 23.1 Å². The van der Waals surface area contributed by atoms with Crippen LogP contribution in [0.25, 0.3) is 0 Å². The Kier molecular flexibility index (Phi) is 7.21. The van der Waals surface area contributed by atoms with Gasteiger partial charge in [0.25, 0.3) is 10.0 Å². The summed E-state index contributed by atoms with van der Waals surface area (Å²) in [5.41, 5.74) is 3.86. The average molecular weight is 492 g/mol. The number of likely N-dealkylation sites (tertiary alicyclic amines) is 1. The molecule has 1 aliphatic rings. The van der Waals surface area contributed by atoms with Crippen molar-refractivity contribution in [2.75, 3.05) is 23.1 Å². The maximum atomic E-state index is 12.8. The molecular formula is C27H29N3O4S. The van der Waals surface area contributed by atoms with Crippen LogP contribution in [0.3, 0.4) is 0 Å². The molecule has 35 heavy (non-hydrogen) atoms. The molecule has 4 rings (SSSR count). The lowest BCUT2D eigenvalue weighted by atomic mass is 10.1. The lowest BCUT2D eigenvalue weighted by molar-refractivity contribution is -0.128. The molecule has 2 amide bonds. The average Bonchev–Trinajstić information content (AvgIpc) is 3.22. The molecule has 3 aromatic carbocycles. The van der Waals surface area contributed by atoms with Crippen molar-refractivity contribution in [3.8, 4) is 0 Å². The number of nitrogens with one attached hydrogen (secondary N) is 2. The minimum atomic E-state index is -3.78. The molecule has 3 aromatic rings. The van der Waals surface area contributed by atoms with E-state index in [1.54, 1.807) is 17.0 Å². The Labute approximate surface area is 206 Å². The Hall–Kier alpha value is -3.65. The minimum absolute atomic E-state index is 0.0277. The topological polar surface area (TPSA) is 95.6 Å². The largest absolute Gasteiger partial charge is 0.342 e. The summed E-state index contributed by atoms with van der Waals surface area (Å²) in [4.78, 5) is 27.0. The number of aryl methyl sites for hydroxylation is 2. The minimum Gasteiger partial charge on any atom is -0.342 e. The van der Waals surface area contributed by atoms with Gasteiger partial charge in [-0.05, 0) is 61.2 Å². The van der Waals surface area contributed by atoms with Crippen LogP contribution in [-0.4, -0.2) is 38.2 Å². The van der Waals surface area contributed by atoms with Crippen molar-refractivity contribution in [1.82, 2.24) is 4.90 Å². The van der Waals surface area contributed by atoms with E-state index in [0.29, 0.717) is 24.5 Å². The SMILES string of the molecule is Cc1cccc(C)c1NS(=O)(=O)c1ccc(NC(=O)C2CC(=O)N(CCc3ccccc3)C2)cc1. The van der Waals surface area contributed by atoms with Crippen molar-refractivity contribution in [3.05, 3.63) is 89.5 Å². The maximum Gasteiger partial charge on any atom is 0.261 e. The van der Waals surface area contributed by atoms with E-state index in [9.17, 15) is 18.0 Å². The number of rotatable bonds is 8. The molecular weight excluding hydrogens is 462 g/mol. The fraction of sp³-hybridized carbons (Fsp3) is 0.259. The van der Waals surface area contributed by atoms with Gasteiger partial charge in [0.15, 0.2) is 0 Å². The van der Waals surface area contributed by atoms with Gasteiger partial charge < -0.3 is 10.2 Å². The van der Waals surface area contributed by atoms with E-state index in [1.165, 1.54) is 12.1 Å². The predicted octanol–water partition coefficient (Wildman–Crippen LogP) is 4.13. The Balaban J connectivity index is 1.35. The van der Waals surface area contributed by atoms with Crippen LogP contribution in [0, 0.1) is 19.8 Å². The molecule has 0 radical (unpaired) electrons. The number of carbonyl (C=O) groups is 2. The van der Waals surface area contributed by atoms with Gasteiger partial charge in [0.05, 0.1) is 16.5 Å². The summed E-state index contributed by atoms with van der Waals surface area (Å²) in [5.74, 6) is -0.711. The van der Waals surface area contributed by atoms with Gasteiger partial charge in [-0.1, -0.05) is 48.5 Å². The Morgan fingerprint density at radius 1 is 0.943 bits per heavy atom. The molecule has 0 aromatic heterocycles. The number of carbonyl (C=O) groups excluding carboxylic acids is 2. The number of hydrogen-bond acceptors (Lipinski definition) is 4. The van der Waals surface area contributed by atoms with Gasteiger partial charge in [-0.2, -0.15) is 0 Å². The van der Waals surface area contributed by atoms with Crippen LogP contribution in [-0.2, 0) is 26.0 Å². The molecule has 1 aliphatic heterocycles. The van der Waals surface area contributed by atoms with Gasteiger partial charge in [0, 0.05) is 25.2 Å². The number of anilines is 2. The lowest BCUT2D eigenvalue weighted by Gasteiger charge is -2.17. The molecule has 1 atom stereocenters. The third kappa shape index (κ3) is 5.89. The van der Waals surface area contributed by atoms with E-state index in [-0.39, 0.29) is 23.1 Å². The zero-order valence-electron chi connectivity index (χ0n) is 19.8. The fourth-order valence-electron chi connectivity index (χ4n) is 4.20. The van der Waals surface area contributed by atoms with Crippen LogP contribution in [0.15, 0.2) is 77.7 Å². The van der Waals surface area contributed by atoms with E-state index < -0.39 is 15.9 Å². The molecule has 1 saturated heterocycles. The van der Waals surface area contributed by atoms with Gasteiger partial charge >= 0.3 is 0 Å². The third-order valence-electron chi connectivity index (χ3n) is 6.25. The lowest BCUT2D eigenvalue weighted by Crippen LogP contribution is -2.30. The smallest absolute Gasteiger partial charge is 0.261 e. The van der Waals surface area contributed by atoms with Crippen molar-refractivity contribution < 1.29 is 18.0 Å². The highest BCUT2D eigenvalue weighted by molar-refractivity contribution is 7.92. The van der Waals surface area contributed by atoms with E-state index in [2.05, 4.69) is 10.0 Å². The predicted molar refractivity (Wildman–Crippen MR) is 137 cm³/mol. The second-order valence-electron chi connectivity index (χ2n) is 8.86. The quantitative estimate of drug-likeness (QED) is 0.495. The zero-order chi connectivity index (χ0) is 25.0. The summed E-state index contributed by atoms with van der Waals surface area (Å²) in [5, 5.41) is 2.81. The van der Waals surface area contributed by atoms with E-state index >= 15 is 0 Å². The number of benzene rings is 3. The third-order valence-corrected chi connectivity index (χ3v) is 7.61. The van der Waals surface area contributed by atoms with Gasteiger partial charge in [-0.15, -0.1) is 0 Å². The molecule has 2 N–H and O–H groups in total. The van der Waals surface area contributed by atoms with Crippen molar-refractivity contribution in [2.24, 2.45) is 5.92 Å². The molecule has 7 nitrogen and oxygen atoms in total. The van der Waals surface area contributed by atoms with Crippen LogP contribution in [0.4, 0.5) is 11.4 Å². The van der Waals surface area contributed by atoms with E-state index in [1.807, 2.05) is 62.4 Å². The summed E-state index contributed by atoms with van der Waals surface area (Å²) < 4.78 is 28.3. The molecule has 182 valence electrons. The molecule has 1 unspecified atom stereocenters. The number of hydrogen-bond donors (Lipinski definition) is 2. The number of nitrogens with zero attached hydrogens (tertiary/aromatic N) is 1. The highest BCUT2D eigenvalue weighted by atomic mass is 32.2. The highest BCUT2D eigenvalue weighted by Gasteiger charge is 2.34. The number of sulfonamides is 1. The first kappa shape index (κ1) is 24.5. The van der Waals surface area contributed by atoms with Gasteiger partial charge in [-0.25, -0.2) is 8.42 Å². The normalized spacial score (nSPS) is 15.8. The van der Waals surface area contributed by atoms with Crippen molar-refractivity contribution in [1.29, 1.82) is 0 Å². The molecule has 1 fully saturated rings. The molecule has 0 bridgehead atoms. The summed E-state index contributed by atoms with van der Waals surface area (Å²) in [6.45, 7) is 4.65. The van der Waals surface area contributed by atoms with Gasteiger partial charge in [0.1, 0.15) is 0 Å². The van der Waals surface area contributed by atoms with Crippen molar-refractivity contribution in [3.63, 3.8) is 0 Å². The van der Waals surface area contributed by atoms with Crippen LogP contribution in [0.5, 0.6) is 0 Å². The van der Waals surface area contributed by atoms with E-state index in [4.69, 9.17) is 0 Å². The first-order valence-electron chi connectivity index (χ1n) is 11.5. The fourth-order valence-corrected chi connectivity index (χ4v) is 5.41. The summed E-state index contributed by atoms with van der Waals surface area (Å²) in [6, 6.07) is 21.5. The molecule has 0 aliphatic carbocycles. The summed E-state index contributed by atoms with van der Waals surface area (Å²) in [6.07, 6.45) is 0.916. The monoisotopic (exact) mass is 491 g/mol. The Morgan fingerprint density at radius 2 is 1.60 bits per heavy atom. The van der Waals surface area contributed by atoms with Gasteiger partial charge in [0.2, 0.25) is 11.8 Å². The van der Waals surface area contributed by atoms with Crippen LogP contribution in [0.2, 0.25) is 0 Å². The van der Waals surface area contributed by atoms with Gasteiger partial charge in [-0.3, -0.25) is 14.3 Å². The summed E-state index contributed by atoms with van der Waals surface area (Å²) >= 11 is 0. The van der Waals surface area contributed by atoms with Crippen LogP contribution < -0.4 is 10.0 Å². The first-order valence-corrected chi connectivity index (χ1v) is 13.0. The molecule has 8 heteroatoms. The highest BCUT2D eigenvalue weighted by Crippen LogP contribution is 2.25. The van der Waals surface area contributed by atoms with Crippen LogP contribution >= 0.6 is 0 Å². The van der Waals surface area contributed by atoms with Crippen molar-refractivity contribution >= 4 is 33.2 Å². The maximum absolute atomic E-state index is 12.8. The molecule has 1 heterocycles. The molecule has 0 saturated carbocycles. The number of amides is 2. The number of para-hydroxylation sites is 1. The molecule has 0 spiro atoms. The standard InChI is InChI=1S/C27H29N3O4S/c1-19-7-6-8-20(2)26(19)29-35(33,34)24-13-11-23(12-14-24)28-27(32)22-17-25(31)30(18-22)16-15-21-9-4-3-5-10-21/h3-14,22,29H,15-18H2,1-2H3,(H,28,32). The van der Waals surface area contributed by atoms with Crippen molar-refractivity contribution in [2.45, 2.75) is 31.6 Å². The Morgan fingerprint density at radius 3 is 2.26 bits per heavy atom. The first-order chi connectivity index (χ1) is 16.7. The Bertz CT molecular complexity index is 1300. The summed E-state index contributed by atoms with van der Waals surface area (Å²) in [7, 11) is -3.78. The second kappa shape index (κ2) is 10.3. The van der Waals surface area contributed by atoms with Crippen LogP contribution in [0.1, 0.15) is 23.1 Å². The second-order valence-corrected chi connectivity index (χ2v) is 10.5. The zero-order valence-corrected chi connectivity index (χ0v) is 20.6.